The van der Waals surface area contributed by atoms with E-state index >= 15 is 0 Å². The summed E-state index contributed by atoms with van der Waals surface area (Å²) in [5.41, 5.74) is 0.739. The summed E-state index contributed by atoms with van der Waals surface area (Å²) in [4.78, 5) is 22.0. The third kappa shape index (κ3) is 4.24. The lowest BCUT2D eigenvalue weighted by Gasteiger charge is -2.15. The zero-order chi connectivity index (χ0) is 12.7. The van der Waals surface area contributed by atoms with Gasteiger partial charge in [-0.15, -0.1) is 0 Å². The van der Waals surface area contributed by atoms with Crippen molar-refractivity contribution >= 4 is 11.9 Å². The van der Waals surface area contributed by atoms with Crippen molar-refractivity contribution in [1.29, 1.82) is 0 Å². The fraction of sp³-hybridized carbons (Fsp3) is 0.333. The minimum atomic E-state index is -0.945. The molecule has 0 aliphatic carbocycles. The Bertz CT molecular complexity index is 377. The molecule has 1 amide bonds. The monoisotopic (exact) mass is 237 g/mol. The van der Waals surface area contributed by atoms with Crippen LogP contribution in [0.25, 0.3) is 0 Å². The van der Waals surface area contributed by atoms with Crippen molar-refractivity contribution in [3.63, 3.8) is 0 Å². The maximum Gasteiger partial charge on any atom is 0.305 e. The number of ether oxygens (including phenoxy) is 1. The van der Waals surface area contributed by atoms with Crippen LogP contribution in [-0.4, -0.2) is 30.6 Å². The van der Waals surface area contributed by atoms with Gasteiger partial charge in [-0.25, -0.2) is 0 Å². The van der Waals surface area contributed by atoms with Crippen LogP contribution in [0.2, 0.25) is 0 Å². The Balaban J connectivity index is 2.56. The van der Waals surface area contributed by atoms with Gasteiger partial charge in [0.25, 0.3) is 5.91 Å². The van der Waals surface area contributed by atoms with Crippen molar-refractivity contribution in [2.24, 2.45) is 0 Å². The van der Waals surface area contributed by atoms with Crippen LogP contribution in [0.15, 0.2) is 30.3 Å². The minimum absolute atomic E-state index is 0.0981. The molecule has 0 aliphatic rings. The fourth-order valence-corrected chi connectivity index (χ4v) is 1.41. The second-order valence-corrected chi connectivity index (χ2v) is 3.46. The molecule has 0 saturated carbocycles. The lowest BCUT2D eigenvalue weighted by atomic mass is 10.1. The first-order chi connectivity index (χ1) is 8.15. The van der Waals surface area contributed by atoms with Crippen LogP contribution in [0.5, 0.6) is 0 Å². The Kier molecular flexibility index (Phi) is 5.16. The van der Waals surface area contributed by atoms with Gasteiger partial charge in [-0.1, -0.05) is 30.3 Å². The topological polar surface area (TPSA) is 75.6 Å². The lowest BCUT2D eigenvalue weighted by molar-refractivity contribution is -0.137. The summed E-state index contributed by atoms with van der Waals surface area (Å²) in [6.45, 7) is 0.0981. The van der Waals surface area contributed by atoms with E-state index in [1.54, 1.807) is 12.1 Å². The van der Waals surface area contributed by atoms with Gasteiger partial charge in [0.05, 0.1) is 6.42 Å². The number of carboxylic acids is 1. The number of carbonyl (C=O) groups is 2. The maximum absolute atomic E-state index is 11.7. The minimum Gasteiger partial charge on any atom is -0.481 e. The zero-order valence-electron chi connectivity index (χ0n) is 9.55. The lowest BCUT2D eigenvalue weighted by Crippen LogP contribution is -2.32. The Morgan fingerprint density at radius 3 is 2.53 bits per heavy atom. The highest BCUT2D eigenvalue weighted by molar-refractivity contribution is 5.82. The number of carbonyl (C=O) groups excluding carboxylic acids is 1. The van der Waals surface area contributed by atoms with E-state index in [9.17, 15) is 9.59 Å². The molecule has 1 aromatic rings. The molecular formula is C12H15NO4. The molecule has 0 spiro atoms. The average molecular weight is 237 g/mol. The van der Waals surface area contributed by atoms with E-state index in [0.717, 1.165) is 5.56 Å². The first-order valence-corrected chi connectivity index (χ1v) is 5.22. The predicted molar refractivity (Wildman–Crippen MR) is 61.5 cm³/mol. The summed E-state index contributed by atoms with van der Waals surface area (Å²) in [7, 11) is 1.44. The second-order valence-electron chi connectivity index (χ2n) is 3.46. The molecule has 1 aromatic carbocycles. The summed E-state index contributed by atoms with van der Waals surface area (Å²) < 4.78 is 5.10. The highest BCUT2D eigenvalue weighted by Gasteiger charge is 2.19. The second kappa shape index (κ2) is 6.65. The van der Waals surface area contributed by atoms with Crippen molar-refractivity contribution in [2.75, 3.05) is 13.7 Å². The number of methoxy groups -OCH3 is 1. The van der Waals surface area contributed by atoms with E-state index in [1.165, 1.54) is 7.11 Å². The van der Waals surface area contributed by atoms with Crippen LogP contribution in [0.3, 0.4) is 0 Å². The Morgan fingerprint density at radius 2 is 2.00 bits per heavy atom. The Morgan fingerprint density at radius 1 is 1.35 bits per heavy atom. The number of amides is 1. The largest absolute Gasteiger partial charge is 0.481 e. The maximum atomic E-state index is 11.7. The van der Waals surface area contributed by atoms with Gasteiger partial charge >= 0.3 is 5.97 Å². The molecule has 1 rings (SSSR count). The molecule has 0 radical (unpaired) electrons. The van der Waals surface area contributed by atoms with E-state index in [1.807, 2.05) is 18.2 Å². The first kappa shape index (κ1) is 13.2. The molecule has 17 heavy (non-hydrogen) atoms. The SMILES string of the molecule is COC(C(=O)NCCC(=O)O)c1ccccc1. The third-order valence-corrected chi connectivity index (χ3v) is 2.21. The Labute approximate surface area is 99.4 Å². The van der Waals surface area contributed by atoms with Gasteiger partial charge in [-0.05, 0) is 5.56 Å². The van der Waals surface area contributed by atoms with Crippen LogP contribution in [-0.2, 0) is 14.3 Å². The van der Waals surface area contributed by atoms with Crippen LogP contribution in [0.4, 0.5) is 0 Å². The number of nitrogens with one attached hydrogen (secondary N) is 1. The molecule has 0 fully saturated rings. The van der Waals surface area contributed by atoms with Crippen molar-refractivity contribution in [1.82, 2.24) is 5.32 Å². The van der Waals surface area contributed by atoms with Crippen LogP contribution < -0.4 is 5.32 Å². The number of benzene rings is 1. The molecule has 5 heteroatoms. The van der Waals surface area contributed by atoms with Gasteiger partial charge in [-0.3, -0.25) is 9.59 Å². The number of hydrogen-bond acceptors (Lipinski definition) is 3. The van der Waals surface area contributed by atoms with E-state index in [4.69, 9.17) is 9.84 Å². The van der Waals surface area contributed by atoms with Gasteiger partial charge in [0, 0.05) is 13.7 Å². The van der Waals surface area contributed by atoms with E-state index in [0.29, 0.717) is 0 Å². The van der Waals surface area contributed by atoms with Crippen molar-refractivity contribution in [3.8, 4) is 0 Å². The summed E-state index contributed by atoms with van der Waals surface area (Å²) >= 11 is 0. The molecule has 5 nitrogen and oxygen atoms in total. The summed E-state index contributed by atoms with van der Waals surface area (Å²) in [6, 6.07) is 9.03. The van der Waals surface area contributed by atoms with Crippen LogP contribution >= 0.6 is 0 Å². The van der Waals surface area contributed by atoms with E-state index in [2.05, 4.69) is 5.32 Å². The van der Waals surface area contributed by atoms with Gasteiger partial charge in [0.15, 0.2) is 6.10 Å². The molecular weight excluding hydrogens is 222 g/mol. The van der Waals surface area contributed by atoms with Gasteiger partial charge < -0.3 is 15.2 Å². The van der Waals surface area contributed by atoms with E-state index in [-0.39, 0.29) is 18.9 Å². The molecule has 0 aliphatic heterocycles. The molecule has 92 valence electrons. The van der Waals surface area contributed by atoms with Gasteiger partial charge in [-0.2, -0.15) is 0 Å². The highest BCUT2D eigenvalue weighted by atomic mass is 16.5. The summed E-state index contributed by atoms with van der Waals surface area (Å²) in [5, 5.41) is 11.0. The third-order valence-electron chi connectivity index (χ3n) is 2.21. The van der Waals surface area contributed by atoms with Crippen molar-refractivity contribution in [3.05, 3.63) is 35.9 Å². The quantitative estimate of drug-likeness (QED) is 0.772. The molecule has 1 unspecified atom stereocenters. The van der Waals surface area contributed by atoms with Crippen LogP contribution in [0, 0.1) is 0 Å². The molecule has 0 heterocycles. The summed E-state index contributed by atoms with van der Waals surface area (Å²) in [5.74, 6) is -1.28. The molecule has 2 N–H and O–H groups in total. The predicted octanol–water partition coefficient (Wildman–Crippen LogP) is 0.965. The standard InChI is InChI=1S/C12H15NO4/c1-17-11(9-5-3-2-4-6-9)12(16)13-8-7-10(14)15/h2-6,11H,7-8H2,1H3,(H,13,16)(H,14,15). The first-order valence-electron chi connectivity index (χ1n) is 5.22. The molecule has 0 saturated heterocycles. The molecule has 0 bridgehead atoms. The number of aliphatic carboxylic acids is 1. The van der Waals surface area contributed by atoms with Crippen molar-refractivity contribution in [2.45, 2.75) is 12.5 Å². The smallest absolute Gasteiger partial charge is 0.305 e. The van der Waals surface area contributed by atoms with Crippen molar-refractivity contribution < 1.29 is 19.4 Å². The van der Waals surface area contributed by atoms with Gasteiger partial charge in [0.1, 0.15) is 0 Å². The highest BCUT2D eigenvalue weighted by Crippen LogP contribution is 2.15. The van der Waals surface area contributed by atoms with Crippen LogP contribution in [0.1, 0.15) is 18.1 Å². The summed E-state index contributed by atoms with van der Waals surface area (Å²) in [6.07, 6.45) is -0.804. The number of hydrogen-bond donors (Lipinski definition) is 2. The Hall–Kier alpha value is -1.88. The fourth-order valence-electron chi connectivity index (χ4n) is 1.41. The molecule has 0 aromatic heterocycles. The molecule has 1 atom stereocenters. The van der Waals surface area contributed by atoms with E-state index < -0.39 is 12.1 Å². The normalized spacial score (nSPS) is 11.8. The average Bonchev–Trinajstić information content (AvgIpc) is 2.31. The zero-order valence-corrected chi connectivity index (χ0v) is 9.55. The number of rotatable bonds is 6. The number of carboxylic acid groups (broad SMARTS) is 1. The van der Waals surface area contributed by atoms with Gasteiger partial charge in [0.2, 0.25) is 0 Å².